The van der Waals surface area contributed by atoms with Gasteiger partial charge in [-0.3, -0.25) is 24.2 Å². The summed E-state index contributed by atoms with van der Waals surface area (Å²) in [4.78, 5) is 56.5. The molecule has 0 aromatic carbocycles. The number of primary amides is 1. The minimum absolute atomic E-state index is 0.0582. The monoisotopic (exact) mass is 424 g/mol. The van der Waals surface area contributed by atoms with Crippen molar-refractivity contribution < 1.29 is 19.2 Å². The zero-order chi connectivity index (χ0) is 22.3. The van der Waals surface area contributed by atoms with E-state index < -0.39 is 29.9 Å². The standard InChI is InChI=1S/C18H32N8O4/c19-10-14(27)25-8-3-6-13(25)16(29)24-11(4-1-7-23-18(21)22)17(30)26-9-2-5-12(26)15(20)28/h11-13H,1-10,19H2,(H2,20,28)(H,24,29)(H4,21,22,23)/t11-,12-,13+/m0/s1. The fourth-order valence-electron chi connectivity index (χ4n) is 4.01. The van der Waals surface area contributed by atoms with Crippen molar-refractivity contribution in [3.05, 3.63) is 0 Å². The SMILES string of the molecule is NCC(=O)N1CCC[C@@H]1C(=O)N[C@@H](CCCN=C(N)N)C(=O)N1CCC[C@H]1C(N)=O. The fourth-order valence-corrected chi connectivity index (χ4v) is 4.01. The highest BCUT2D eigenvalue weighted by atomic mass is 16.2. The summed E-state index contributed by atoms with van der Waals surface area (Å²) in [7, 11) is 0. The Morgan fingerprint density at radius 3 is 2.23 bits per heavy atom. The van der Waals surface area contributed by atoms with Crippen LogP contribution in [0.25, 0.3) is 0 Å². The lowest BCUT2D eigenvalue weighted by molar-refractivity contribution is -0.142. The van der Waals surface area contributed by atoms with E-state index in [1.54, 1.807) is 0 Å². The van der Waals surface area contributed by atoms with Crippen LogP contribution in [-0.2, 0) is 19.2 Å². The van der Waals surface area contributed by atoms with Gasteiger partial charge in [-0.1, -0.05) is 0 Å². The Kier molecular flexibility index (Phi) is 8.39. The molecule has 0 radical (unpaired) electrons. The number of hydrogen-bond donors (Lipinski definition) is 5. The smallest absolute Gasteiger partial charge is 0.245 e. The molecule has 12 heteroatoms. The van der Waals surface area contributed by atoms with Crippen LogP contribution in [0.15, 0.2) is 4.99 Å². The molecule has 0 aromatic heterocycles. The summed E-state index contributed by atoms with van der Waals surface area (Å²) in [6.45, 7) is 0.961. The molecule has 2 saturated heterocycles. The first kappa shape index (κ1) is 23.4. The Morgan fingerprint density at radius 1 is 1.00 bits per heavy atom. The minimum Gasteiger partial charge on any atom is -0.370 e. The number of hydrogen-bond acceptors (Lipinski definition) is 6. The topological polar surface area (TPSA) is 203 Å². The maximum absolute atomic E-state index is 13.1. The van der Waals surface area contributed by atoms with E-state index in [1.165, 1.54) is 9.80 Å². The number of rotatable bonds is 9. The molecule has 0 bridgehead atoms. The van der Waals surface area contributed by atoms with E-state index in [-0.39, 0.29) is 30.7 Å². The van der Waals surface area contributed by atoms with Gasteiger partial charge in [0.05, 0.1) is 6.54 Å². The van der Waals surface area contributed by atoms with E-state index >= 15 is 0 Å². The van der Waals surface area contributed by atoms with Crippen molar-refractivity contribution in [3.8, 4) is 0 Å². The highest BCUT2D eigenvalue weighted by molar-refractivity contribution is 5.94. The van der Waals surface area contributed by atoms with Crippen molar-refractivity contribution in [2.45, 2.75) is 56.7 Å². The molecule has 2 fully saturated rings. The molecule has 2 rings (SSSR count). The summed E-state index contributed by atoms with van der Waals surface area (Å²) in [5.74, 6) is -1.72. The van der Waals surface area contributed by atoms with Crippen LogP contribution >= 0.6 is 0 Å². The predicted octanol–water partition coefficient (Wildman–Crippen LogP) is -3.05. The number of aliphatic imine (C=N–C) groups is 1. The lowest BCUT2D eigenvalue weighted by atomic mass is 10.1. The van der Waals surface area contributed by atoms with Crippen LogP contribution in [-0.4, -0.2) is 83.7 Å². The Hall–Kier alpha value is -2.89. The van der Waals surface area contributed by atoms with E-state index in [0.29, 0.717) is 51.7 Å². The highest BCUT2D eigenvalue weighted by Gasteiger charge is 2.39. The molecule has 2 aliphatic heterocycles. The third-order valence-electron chi connectivity index (χ3n) is 5.47. The summed E-state index contributed by atoms with van der Waals surface area (Å²) in [6, 6.07) is -2.22. The van der Waals surface area contributed by atoms with E-state index in [2.05, 4.69) is 10.3 Å². The number of guanidine groups is 1. The third-order valence-corrected chi connectivity index (χ3v) is 5.47. The summed E-state index contributed by atoms with van der Waals surface area (Å²) < 4.78 is 0. The van der Waals surface area contributed by atoms with Gasteiger partial charge in [0.1, 0.15) is 18.1 Å². The number of amides is 4. The summed E-state index contributed by atoms with van der Waals surface area (Å²) in [5, 5.41) is 2.76. The number of likely N-dealkylation sites (tertiary alicyclic amines) is 2. The summed E-state index contributed by atoms with van der Waals surface area (Å²) >= 11 is 0. The lowest BCUT2D eigenvalue weighted by Gasteiger charge is -2.30. The second-order valence-electron chi connectivity index (χ2n) is 7.55. The molecule has 12 nitrogen and oxygen atoms in total. The van der Waals surface area contributed by atoms with Crippen molar-refractivity contribution in [2.24, 2.45) is 27.9 Å². The van der Waals surface area contributed by atoms with Gasteiger partial charge < -0.3 is 38.1 Å². The number of nitrogens with one attached hydrogen (secondary N) is 1. The Bertz CT molecular complexity index is 694. The molecular formula is C18H32N8O4. The molecular weight excluding hydrogens is 392 g/mol. The zero-order valence-corrected chi connectivity index (χ0v) is 17.1. The van der Waals surface area contributed by atoms with Crippen molar-refractivity contribution in [2.75, 3.05) is 26.2 Å². The third kappa shape index (κ3) is 5.81. The fraction of sp³-hybridized carbons (Fsp3) is 0.722. The van der Waals surface area contributed by atoms with Gasteiger partial charge in [0.2, 0.25) is 23.6 Å². The van der Waals surface area contributed by atoms with E-state index in [0.717, 1.165) is 0 Å². The van der Waals surface area contributed by atoms with Crippen molar-refractivity contribution in [1.29, 1.82) is 0 Å². The van der Waals surface area contributed by atoms with Gasteiger partial charge in [0.15, 0.2) is 5.96 Å². The maximum Gasteiger partial charge on any atom is 0.245 e. The summed E-state index contributed by atoms with van der Waals surface area (Å²) in [5.41, 5.74) is 21.5. The van der Waals surface area contributed by atoms with E-state index in [1.807, 2.05) is 0 Å². The van der Waals surface area contributed by atoms with Crippen molar-refractivity contribution >= 4 is 29.6 Å². The molecule has 0 unspecified atom stereocenters. The molecule has 0 saturated carbocycles. The van der Waals surface area contributed by atoms with Gasteiger partial charge >= 0.3 is 0 Å². The van der Waals surface area contributed by atoms with Crippen LogP contribution in [0.5, 0.6) is 0 Å². The van der Waals surface area contributed by atoms with Gasteiger partial charge in [-0.05, 0) is 38.5 Å². The van der Waals surface area contributed by atoms with E-state index in [9.17, 15) is 19.2 Å². The van der Waals surface area contributed by atoms with Gasteiger partial charge in [0.25, 0.3) is 0 Å². The first-order valence-electron chi connectivity index (χ1n) is 10.2. The number of nitrogens with two attached hydrogens (primary N) is 4. The number of carbonyl (C=O) groups is 4. The van der Waals surface area contributed by atoms with Crippen LogP contribution in [0.2, 0.25) is 0 Å². The Labute approximate surface area is 175 Å². The molecule has 0 aliphatic carbocycles. The van der Waals surface area contributed by atoms with Crippen LogP contribution in [0, 0.1) is 0 Å². The molecule has 30 heavy (non-hydrogen) atoms. The molecule has 2 aliphatic rings. The van der Waals surface area contributed by atoms with Crippen molar-refractivity contribution in [1.82, 2.24) is 15.1 Å². The zero-order valence-electron chi connectivity index (χ0n) is 17.1. The number of nitrogens with zero attached hydrogens (tertiary/aromatic N) is 3. The largest absolute Gasteiger partial charge is 0.370 e. The molecule has 0 spiro atoms. The minimum atomic E-state index is -0.873. The highest BCUT2D eigenvalue weighted by Crippen LogP contribution is 2.21. The Balaban J connectivity index is 2.11. The number of carbonyl (C=O) groups excluding carboxylic acids is 4. The van der Waals surface area contributed by atoms with Gasteiger partial charge in [-0.15, -0.1) is 0 Å². The quantitative estimate of drug-likeness (QED) is 0.147. The van der Waals surface area contributed by atoms with Crippen molar-refractivity contribution in [3.63, 3.8) is 0 Å². The first-order valence-corrected chi connectivity index (χ1v) is 10.2. The first-order chi connectivity index (χ1) is 14.3. The van der Waals surface area contributed by atoms with E-state index in [4.69, 9.17) is 22.9 Å². The molecule has 168 valence electrons. The van der Waals surface area contributed by atoms with Gasteiger partial charge in [-0.2, -0.15) is 0 Å². The predicted molar refractivity (Wildman–Crippen MR) is 110 cm³/mol. The second kappa shape index (κ2) is 10.8. The van der Waals surface area contributed by atoms with Crippen LogP contribution in [0.4, 0.5) is 0 Å². The summed E-state index contributed by atoms with van der Waals surface area (Å²) in [6.07, 6.45) is 3.07. The van der Waals surface area contributed by atoms with Crippen LogP contribution in [0.1, 0.15) is 38.5 Å². The van der Waals surface area contributed by atoms with Gasteiger partial charge in [-0.25, -0.2) is 0 Å². The Morgan fingerprint density at radius 2 is 1.63 bits per heavy atom. The molecule has 3 atom stereocenters. The van der Waals surface area contributed by atoms with Crippen LogP contribution in [0.3, 0.4) is 0 Å². The second-order valence-corrected chi connectivity index (χ2v) is 7.55. The molecule has 9 N–H and O–H groups in total. The average Bonchev–Trinajstić information content (AvgIpc) is 3.38. The van der Waals surface area contributed by atoms with Crippen LogP contribution < -0.4 is 28.3 Å². The maximum atomic E-state index is 13.1. The molecule has 2 heterocycles. The van der Waals surface area contributed by atoms with Gasteiger partial charge in [0, 0.05) is 19.6 Å². The molecule has 4 amide bonds. The lowest BCUT2D eigenvalue weighted by Crippen LogP contribution is -2.56. The normalized spacial score (nSPS) is 21.9. The average molecular weight is 425 g/mol. The molecule has 0 aromatic rings.